The van der Waals surface area contributed by atoms with E-state index in [1.165, 1.54) is 24.2 Å². The quantitative estimate of drug-likeness (QED) is 0.807. The van der Waals surface area contributed by atoms with E-state index in [0.29, 0.717) is 10.3 Å². The Morgan fingerprint density at radius 3 is 2.83 bits per heavy atom. The van der Waals surface area contributed by atoms with Crippen molar-refractivity contribution in [2.75, 3.05) is 0 Å². The van der Waals surface area contributed by atoms with Crippen LogP contribution in [-0.2, 0) is 16.6 Å². The fourth-order valence-electron chi connectivity index (χ4n) is 1.54. The van der Waals surface area contributed by atoms with E-state index in [-0.39, 0.29) is 6.04 Å². The van der Waals surface area contributed by atoms with E-state index in [4.69, 9.17) is 0 Å². The molecule has 0 aromatic carbocycles. The minimum Gasteiger partial charge on any atom is -0.310 e. The SMILES string of the molecule is CCC(C)NS(=O)(=O)c1cc(CNC2CC2)cs1. The maximum atomic E-state index is 12.0. The first-order valence-electron chi connectivity index (χ1n) is 6.34. The van der Waals surface area contributed by atoms with Crippen LogP contribution in [0.15, 0.2) is 15.7 Å². The average Bonchev–Trinajstić information content (AvgIpc) is 3.02. The Hall–Kier alpha value is -0.430. The molecular weight excluding hydrogens is 268 g/mol. The molecule has 1 unspecified atom stereocenters. The number of thiophene rings is 1. The first kappa shape index (κ1) is 14.0. The summed E-state index contributed by atoms with van der Waals surface area (Å²) in [5.41, 5.74) is 1.05. The van der Waals surface area contributed by atoms with Crippen molar-refractivity contribution in [3.05, 3.63) is 17.0 Å². The van der Waals surface area contributed by atoms with Crippen LogP contribution >= 0.6 is 11.3 Å². The monoisotopic (exact) mass is 288 g/mol. The fraction of sp³-hybridized carbons (Fsp3) is 0.667. The van der Waals surface area contributed by atoms with Crippen molar-refractivity contribution in [2.24, 2.45) is 0 Å². The summed E-state index contributed by atoms with van der Waals surface area (Å²) in [6, 6.07) is 2.39. The molecule has 1 atom stereocenters. The normalized spacial score (nSPS) is 17.9. The molecule has 0 aliphatic heterocycles. The number of nitrogens with one attached hydrogen (secondary N) is 2. The Morgan fingerprint density at radius 2 is 2.22 bits per heavy atom. The molecule has 2 N–H and O–H groups in total. The summed E-state index contributed by atoms with van der Waals surface area (Å²) in [5.74, 6) is 0. The molecule has 1 aromatic rings. The van der Waals surface area contributed by atoms with Crippen molar-refractivity contribution in [3.63, 3.8) is 0 Å². The van der Waals surface area contributed by atoms with Crippen molar-refractivity contribution >= 4 is 21.4 Å². The van der Waals surface area contributed by atoms with E-state index >= 15 is 0 Å². The Balaban J connectivity index is 1.98. The molecule has 18 heavy (non-hydrogen) atoms. The van der Waals surface area contributed by atoms with E-state index < -0.39 is 10.0 Å². The summed E-state index contributed by atoms with van der Waals surface area (Å²) in [6.45, 7) is 4.60. The van der Waals surface area contributed by atoms with Gasteiger partial charge in [-0.1, -0.05) is 6.92 Å². The standard InChI is InChI=1S/C12H20N2O2S2/c1-3-9(2)14-18(15,16)12-6-10(8-17-12)7-13-11-4-5-11/h6,8-9,11,13-14H,3-5,7H2,1-2H3. The van der Waals surface area contributed by atoms with Gasteiger partial charge in [0, 0.05) is 18.6 Å². The first-order valence-corrected chi connectivity index (χ1v) is 8.70. The van der Waals surface area contributed by atoms with Crippen molar-refractivity contribution < 1.29 is 8.42 Å². The highest BCUT2D eigenvalue weighted by atomic mass is 32.2. The fourth-order valence-corrected chi connectivity index (χ4v) is 4.10. The van der Waals surface area contributed by atoms with Crippen molar-refractivity contribution in [1.82, 2.24) is 10.0 Å². The number of sulfonamides is 1. The molecule has 6 heteroatoms. The molecule has 4 nitrogen and oxygen atoms in total. The minimum atomic E-state index is -3.33. The third-order valence-corrected chi connectivity index (χ3v) is 6.11. The Kier molecular flexibility index (Phi) is 4.42. The molecule has 1 aliphatic rings. The second-order valence-corrected chi connectivity index (χ2v) is 7.71. The third kappa shape index (κ3) is 3.78. The topological polar surface area (TPSA) is 58.2 Å². The zero-order valence-electron chi connectivity index (χ0n) is 10.8. The molecular formula is C12H20N2O2S2. The van der Waals surface area contributed by atoms with Crippen LogP contribution in [-0.4, -0.2) is 20.5 Å². The summed E-state index contributed by atoms with van der Waals surface area (Å²) in [4.78, 5) is 0. The van der Waals surface area contributed by atoms with Gasteiger partial charge in [-0.3, -0.25) is 0 Å². The molecule has 1 fully saturated rings. The van der Waals surface area contributed by atoms with Crippen LogP contribution in [0.5, 0.6) is 0 Å². The zero-order chi connectivity index (χ0) is 13.2. The highest BCUT2D eigenvalue weighted by Crippen LogP contribution is 2.23. The Labute approximate surface area is 113 Å². The predicted octanol–water partition coefficient (Wildman–Crippen LogP) is 2.08. The van der Waals surface area contributed by atoms with E-state index in [2.05, 4.69) is 10.0 Å². The smallest absolute Gasteiger partial charge is 0.250 e. The molecule has 1 aliphatic carbocycles. The summed E-state index contributed by atoms with van der Waals surface area (Å²) in [6.07, 6.45) is 3.27. The van der Waals surface area contributed by atoms with Gasteiger partial charge in [0.1, 0.15) is 4.21 Å². The van der Waals surface area contributed by atoms with Gasteiger partial charge in [-0.05, 0) is 43.2 Å². The summed E-state index contributed by atoms with van der Waals surface area (Å²) >= 11 is 1.29. The van der Waals surface area contributed by atoms with Crippen LogP contribution in [0.3, 0.4) is 0 Å². The molecule has 0 spiro atoms. The predicted molar refractivity (Wildman–Crippen MR) is 74.3 cm³/mol. The van der Waals surface area contributed by atoms with Crippen molar-refractivity contribution in [1.29, 1.82) is 0 Å². The summed E-state index contributed by atoms with van der Waals surface area (Å²) < 4.78 is 27.2. The molecule has 1 aromatic heterocycles. The molecule has 0 amide bonds. The van der Waals surface area contributed by atoms with Crippen LogP contribution in [0.4, 0.5) is 0 Å². The molecule has 0 bridgehead atoms. The van der Waals surface area contributed by atoms with E-state index in [9.17, 15) is 8.42 Å². The second-order valence-electron chi connectivity index (χ2n) is 4.86. The molecule has 102 valence electrons. The number of rotatable bonds is 7. The van der Waals surface area contributed by atoms with Gasteiger partial charge in [0.2, 0.25) is 10.0 Å². The minimum absolute atomic E-state index is 0.0230. The lowest BCUT2D eigenvalue weighted by Crippen LogP contribution is -2.31. The van der Waals surface area contributed by atoms with Crippen LogP contribution in [0, 0.1) is 0 Å². The van der Waals surface area contributed by atoms with Gasteiger partial charge in [-0.25, -0.2) is 13.1 Å². The highest BCUT2D eigenvalue weighted by Gasteiger charge is 2.22. The van der Waals surface area contributed by atoms with Crippen LogP contribution in [0.25, 0.3) is 0 Å². The van der Waals surface area contributed by atoms with Crippen LogP contribution < -0.4 is 10.0 Å². The molecule has 2 rings (SSSR count). The Bertz CT molecular complexity index is 492. The molecule has 0 saturated heterocycles. The second kappa shape index (κ2) is 5.69. The lowest BCUT2D eigenvalue weighted by molar-refractivity contribution is 0.557. The Morgan fingerprint density at radius 1 is 1.50 bits per heavy atom. The third-order valence-electron chi connectivity index (χ3n) is 3.04. The lowest BCUT2D eigenvalue weighted by atomic mass is 10.3. The van der Waals surface area contributed by atoms with E-state index in [1.54, 1.807) is 6.07 Å². The average molecular weight is 288 g/mol. The van der Waals surface area contributed by atoms with Gasteiger partial charge in [0.25, 0.3) is 0 Å². The van der Waals surface area contributed by atoms with Crippen LogP contribution in [0.1, 0.15) is 38.7 Å². The van der Waals surface area contributed by atoms with Crippen molar-refractivity contribution in [3.8, 4) is 0 Å². The number of hydrogen-bond donors (Lipinski definition) is 2. The van der Waals surface area contributed by atoms with Crippen molar-refractivity contribution in [2.45, 2.75) is 55.9 Å². The number of hydrogen-bond acceptors (Lipinski definition) is 4. The highest BCUT2D eigenvalue weighted by molar-refractivity contribution is 7.91. The van der Waals surface area contributed by atoms with Gasteiger partial charge >= 0.3 is 0 Å². The first-order chi connectivity index (χ1) is 8.51. The molecule has 1 saturated carbocycles. The molecule has 0 radical (unpaired) electrons. The van der Waals surface area contributed by atoms with Gasteiger partial charge in [-0.2, -0.15) is 0 Å². The maximum absolute atomic E-state index is 12.0. The van der Waals surface area contributed by atoms with Gasteiger partial charge in [0.15, 0.2) is 0 Å². The van der Waals surface area contributed by atoms with E-state index in [0.717, 1.165) is 18.5 Å². The lowest BCUT2D eigenvalue weighted by Gasteiger charge is -2.10. The zero-order valence-corrected chi connectivity index (χ0v) is 12.4. The van der Waals surface area contributed by atoms with Gasteiger partial charge in [-0.15, -0.1) is 11.3 Å². The summed E-state index contributed by atoms with van der Waals surface area (Å²) in [7, 11) is -3.33. The summed E-state index contributed by atoms with van der Waals surface area (Å²) in [5, 5.41) is 5.30. The largest absolute Gasteiger partial charge is 0.310 e. The molecule has 1 heterocycles. The van der Waals surface area contributed by atoms with Gasteiger partial charge in [0.05, 0.1) is 0 Å². The van der Waals surface area contributed by atoms with Gasteiger partial charge < -0.3 is 5.32 Å². The van der Waals surface area contributed by atoms with Crippen LogP contribution in [0.2, 0.25) is 0 Å². The maximum Gasteiger partial charge on any atom is 0.250 e. The van der Waals surface area contributed by atoms with E-state index in [1.807, 2.05) is 19.2 Å².